The van der Waals surface area contributed by atoms with Gasteiger partial charge in [0.2, 0.25) is 5.96 Å². The standard InChI is InChI=1S/C9H10F2N4/c1-5-2-3-7(10)6(8(5)11)4-14-15-9(12)13/h2-4H,1H3,(H4,12,13,15). The molecule has 0 aromatic heterocycles. The highest BCUT2D eigenvalue weighted by molar-refractivity contribution is 5.82. The van der Waals surface area contributed by atoms with Crippen LogP contribution in [0.3, 0.4) is 0 Å². The molecule has 0 aliphatic heterocycles. The van der Waals surface area contributed by atoms with E-state index in [9.17, 15) is 8.78 Å². The third kappa shape index (κ3) is 2.73. The van der Waals surface area contributed by atoms with E-state index in [1.54, 1.807) is 0 Å². The van der Waals surface area contributed by atoms with Gasteiger partial charge in [-0.1, -0.05) is 6.07 Å². The number of benzene rings is 1. The number of guanidine groups is 1. The second kappa shape index (κ2) is 4.50. The van der Waals surface area contributed by atoms with Crippen LogP contribution in [0.5, 0.6) is 0 Å². The Morgan fingerprint density at radius 1 is 1.33 bits per heavy atom. The first-order valence-corrected chi connectivity index (χ1v) is 4.09. The molecule has 0 unspecified atom stereocenters. The third-order valence-corrected chi connectivity index (χ3v) is 1.68. The molecule has 0 aliphatic carbocycles. The van der Waals surface area contributed by atoms with Crippen molar-refractivity contribution in [3.63, 3.8) is 0 Å². The Morgan fingerprint density at radius 3 is 2.60 bits per heavy atom. The largest absolute Gasteiger partial charge is 0.369 e. The average molecular weight is 212 g/mol. The van der Waals surface area contributed by atoms with Crippen molar-refractivity contribution in [2.45, 2.75) is 6.92 Å². The molecule has 0 spiro atoms. The molecule has 0 saturated carbocycles. The zero-order valence-corrected chi connectivity index (χ0v) is 8.04. The van der Waals surface area contributed by atoms with Gasteiger partial charge in [0.25, 0.3) is 0 Å². The van der Waals surface area contributed by atoms with E-state index >= 15 is 0 Å². The lowest BCUT2D eigenvalue weighted by Gasteiger charge is -2.00. The van der Waals surface area contributed by atoms with E-state index in [-0.39, 0.29) is 11.5 Å². The molecule has 0 radical (unpaired) electrons. The Bertz CT molecular complexity index is 422. The molecule has 80 valence electrons. The predicted octanol–water partition coefficient (Wildman–Crippen LogP) is 0.881. The third-order valence-electron chi connectivity index (χ3n) is 1.68. The van der Waals surface area contributed by atoms with Gasteiger partial charge >= 0.3 is 0 Å². The molecule has 15 heavy (non-hydrogen) atoms. The lowest BCUT2D eigenvalue weighted by Crippen LogP contribution is -2.21. The summed E-state index contributed by atoms with van der Waals surface area (Å²) in [5.74, 6) is -1.67. The van der Waals surface area contributed by atoms with Gasteiger partial charge in [-0.2, -0.15) is 5.10 Å². The molecular weight excluding hydrogens is 202 g/mol. The second-order valence-electron chi connectivity index (χ2n) is 2.86. The van der Waals surface area contributed by atoms with E-state index in [1.165, 1.54) is 13.0 Å². The van der Waals surface area contributed by atoms with Crippen LogP contribution in [-0.2, 0) is 0 Å². The Kier molecular flexibility index (Phi) is 3.33. The van der Waals surface area contributed by atoms with Crippen LogP contribution >= 0.6 is 0 Å². The zero-order chi connectivity index (χ0) is 11.4. The SMILES string of the molecule is Cc1ccc(F)c(C=NN=C(N)N)c1F. The summed E-state index contributed by atoms with van der Waals surface area (Å²) in [4.78, 5) is 0. The lowest BCUT2D eigenvalue weighted by molar-refractivity contribution is 0.574. The summed E-state index contributed by atoms with van der Waals surface area (Å²) in [6, 6.07) is 2.48. The predicted molar refractivity (Wildman–Crippen MR) is 54.5 cm³/mol. The van der Waals surface area contributed by atoms with Crippen LogP contribution in [0.4, 0.5) is 8.78 Å². The summed E-state index contributed by atoms with van der Waals surface area (Å²) in [5, 5.41) is 6.58. The Hall–Kier alpha value is -1.98. The number of aryl methyl sites for hydroxylation is 1. The molecule has 0 aliphatic rings. The minimum Gasteiger partial charge on any atom is -0.369 e. The maximum atomic E-state index is 13.3. The minimum absolute atomic E-state index is 0.264. The first-order valence-electron chi connectivity index (χ1n) is 4.09. The molecule has 1 aromatic rings. The first kappa shape index (κ1) is 11.1. The fraction of sp³-hybridized carbons (Fsp3) is 0.111. The van der Waals surface area contributed by atoms with Crippen LogP contribution in [0.2, 0.25) is 0 Å². The zero-order valence-electron chi connectivity index (χ0n) is 8.04. The Labute approximate surface area is 85.3 Å². The topological polar surface area (TPSA) is 76.8 Å². The molecule has 1 rings (SSSR count). The van der Waals surface area contributed by atoms with Crippen LogP contribution in [0.1, 0.15) is 11.1 Å². The van der Waals surface area contributed by atoms with Gasteiger partial charge in [0.15, 0.2) is 0 Å². The summed E-state index contributed by atoms with van der Waals surface area (Å²) in [5.41, 5.74) is 10.0. The monoisotopic (exact) mass is 212 g/mol. The average Bonchev–Trinajstić information content (AvgIpc) is 2.17. The molecule has 4 nitrogen and oxygen atoms in total. The quantitative estimate of drug-likeness (QED) is 0.433. The summed E-state index contributed by atoms with van der Waals surface area (Å²) < 4.78 is 26.5. The summed E-state index contributed by atoms with van der Waals surface area (Å²) in [7, 11) is 0. The Morgan fingerprint density at radius 2 is 2.00 bits per heavy atom. The van der Waals surface area contributed by atoms with Crippen molar-refractivity contribution < 1.29 is 8.78 Å². The molecule has 0 atom stereocenters. The van der Waals surface area contributed by atoms with Crippen molar-refractivity contribution in [3.05, 3.63) is 34.9 Å². The van der Waals surface area contributed by atoms with E-state index < -0.39 is 11.6 Å². The number of rotatable bonds is 2. The number of hydrogen-bond donors (Lipinski definition) is 2. The summed E-state index contributed by atoms with van der Waals surface area (Å²) in [6.45, 7) is 1.52. The molecule has 0 heterocycles. The van der Waals surface area contributed by atoms with Crippen LogP contribution in [0.15, 0.2) is 22.3 Å². The van der Waals surface area contributed by atoms with Gasteiger partial charge in [0.05, 0.1) is 11.8 Å². The van der Waals surface area contributed by atoms with Gasteiger partial charge in [-0.25, -0.2) is 8.78 Å². The van der Waals surface area contributed by atoms with Crippen LogP contribution < -0.4 is 11.5 Å². The Balaban J connectivity index is 3.09. The second-order valence-corrected chi connectivity index (χ2v) is 2.86. The highest BCUT2D eigenvalue weighted by Crippen LogP contribution is 2.14. The van der Waals surface area contributed by atoms with E-state index in [0.29, 0.717) is 5.56 Å². The highest BCUT2D eigenvalue weighted by atomic mass is 19.1. The number of halogens is 2. The minimum atomic E-state index is -0.715. The molecule has 0 fully saturated rings. The van der Waals surface area contributed by atoms with E-state index in [2.05, 4.69) is 10.2 Å². The van der Waals surface area contributed by atoms with Gasteiger partial charge < -0.3 is 11.5 Å². The molecule has 0 bridgehead atoms. The van der Waals surface area contributed by atoms with Gasteiger partial charge in [-0.05, 0) is 18.6 Å². The maximum absolute atomic E-state index is 13.3. The van der Waals surface area contributed by atoms with Crippen LogP contribution in [0, 0.1) is 18.6 Å². The molecule has 4 N–H and O–H groups in total. The fourth-order valence-electron chi connectivity index (χ4n) is 0.950. The summed E-state index contributed by atoms with van der Waals surface area (Å²) in [6.07, 6.45) is 0.928. The van der Waals surface area contributed by atoms with Crippen molar-refractivity contribution in [2.24, 2.45) is 21.7 Å². The van der Waals surface area contributed by atoms with Crippen molar-refractivity contribution >= 4 is 12.2 Å². The van der Waals surface area contributed by atoms with Crippen molar-refractivity contribution in [2.75, 3.05) is 0 Å². The highest BCUT2D eigenvalue weighted by Gasteiger charge is 2.08. The molecular formula is C9H10F2N4. The number of nitrogens with two attached hydrogens (primary N) is 2. The van der Waals surface area contributed by atoms with Gasteiger partial charge in [0.1, 0.15) is 11.6 Å². The maximum Gasteiger partial charge on any atom is 0.211 e. The fourth-order valence-corrected chi connectivity index (χ4v) is 0.950. The van der Waals surface area contributed by atoms with Gasteiger partial charge in [-0.15, -0.1) is 5.10 Å². The normalized spacial score (nSPS) is 10.6. The van der Waals surface area contributed by atoms with E-state index in [4.69, 9.17) is 11.5 Å². The van der Waals surface area contributed by atoms with E-state index in [0.717, 1.165) is 12.3 Å². The smallest absolute Gasteiger partial charge is 0.211 e. The lowest BCUT2D eigenvalue weighted by atomic mass is 10.1. The van der Waals surface area contributed by atoms with Gasteiger partial charge in [0, 0.05) is 0 Å². The van der Waals surface area contributed by atoms with Crippen molar-refractivity contribution in [1.29, 1.82) is 0 Å². The first-order chi connectivity index (χ1) is 7.02. The van der Waals surface area contributed by atoms with Crippen molar-refractivity contribution in [1.82, 2.24) is 0 Å². The molecule has 6 heteroatoms. The van der Waals surface area contributed by atoms with Crippen molar-refractivity contribution in [3.8, 4) is 0 Å². The summed E-state index contributed by atoms with van der Waals surface area (Å²) >= 11 is 0. The molecule has 0 amide bonds. The number of nitrogens with zero attached hydrogens (tertiary/aromatic N) is 2. The van der Waals surface area contributed by atoms with E-state index in [1.807, 2.05) is 0 Å². The number of hydrogen-bond acceptors (Lipinski definition) is 2. The molecule has 1 aromatic carbocycles. The van der Waals surface area contributed by atoms with Crippen LogP contribution in [0.25, 0.3) is 0 Å². The van der Waals surface area contributed by atoms with Gasteiger partial charge in [-0.3, -0.25) is 0 Å². The van der Waals surface area contributed by atoms with Crippen LogP contribution in [-0.4, -0.2) is 12.2 Å². The molecule has 0 saturated heterocycles.